The quantitative estimate of drug-likeness (QED) is 0.200. The Kier molecular flexibility index (Phi) is 7.04. The van der Waals surface area contributed by atoms with Crippen LogP contribution in [0.4, 0.5) is 5.69 Å². The van der Waals surface area contributed by atoms with E-state index in [4.69, 9.17) is 47.0 Å². The van der Waals surface area contributed by atoms with E-state index < -0.39 is 20.8 Å². The maximum absolute atomic E-state index is 12.7. The van der Waals surface area contributed by atoms with Crippen LogP contribution in [0.15, 0.2) is 47.3 Å². The zero-order chi connectivity index (χ0) is 24.6. The first-order valence-corrected chi connectivity index (χ1v) is 11.9. The van der Waals surface area contributed by atoms with Crippen LogP contribution in [0.25, 0.3) is 0 Å². The smallest absolute Gasteiger partial charge is 0.270 e. The van der Waals surface area contributed by atoms with Crippen LogP contribution in [0.2, 0.25) is 0 Å². The summed E-state index contributed by atoms with van der Waals surface area (Å²) in [6.07, 6.45) is -0.256. The van der Waals surface area contributed by atoms with Crippen LogP contribution < -0.4 is 16.2 Å². The number of nitro benzene ring substituents is 1. The fourth-order valence-corrected chi connectivity index (χ4v) is 5.05. The van der Waals surface area contributed by atoms with Crippen molar-refractivity contribution in [3.63, 3.8) is 0 Å². The molecule has 13 heteroatoms. The Morgan fingerprint density at radius 3 is 2.59 bits per heavy atom. The van der Waals surface area contributed by atoms with Crippen molar-refractivity contribution in [2.45, 2.75) is 28.8 Å². The maximum atomic E-state index is 12.7. The number of non-ortho nitro benzene ring substituents is 1. The van der Waals surface area contributed by atoms with Crippen molar-refractivity contribution in [1.82, 2.24) is 20.1 Å². The first-order chi connectivity index (χ1) is 16.0. The molecule has 0 saturated carbocycles. The number of thiocarbonyl (C=S) groups is 1. The van der Waals surface area contributed by atoms with Gasteiger partial charge in [-0.1, -0.05) is 46.9 Å². The highest BCUT2D eigenvalue weighted by atomic mass is 35.6. The van der Waals surface area contributed by atoms with E-state index in [9.17, 15) is 19.7 Å². The molecule has 0 spiro atoms. The average Bonchev–Trinajstić information content (AvgIpc) is 2.78. The van der Waals surface area contributed by atoms with E-state index in [1.807, 2.05) is 15.5 Å². The number of carbonyl (C=O) groups is 1. The van der Waals surface area contributed by atoms with Gasteiger partial charge >= 0.3 is 0 Å². The van der Waals surface area contributed by atoms with E-state index in [2.05, 4.69) is 10.6 Å². The fourth-order valence-electron chi connectivity index (χ4n) is 4.45. The summed E-state index contributed by atoms with van der Waals surface area (Å²) in [5.41, 5.74) is 0.756. The summed E-state index contributed by atoms with van der Waals surface area (Å²) >= 11 is 23.9. The second-order valence-electron chi connectivity index (χ2n) is 8.31. The van der Waals surface area contributed by atoms with Gasteiger partial charge in [0.25, 0.3) is 17.2 Å². The van der Waals surface area contributed by atoms with Gasteiger partial charge in [0.15, 0.2) is 5.11 Å². The molecule has 4 rings (SSSR count). The Bertz CT molecular complexity index is 1200. The van der Waals surface area contributed by atoms with Crippen LogP contribution in [-0.4, -0.2) is 48.5 Å². The summed E-state index contributed by atoms with van der Waals surface area (Å²) in [5.74, 6) is -0.331. The van der Waals surface area contributed by atoms with Gasteiger partial charge in [0.2, 0.25) is 3.79 Å². The van der Waals surface area contributed by atoms with Crippen molar-refractivity contribution in [2.75, 3.05) is 13.1 Å². The topological polar surface area (TPSA) is 110 Å². The molecule has 0 radical (unpaired) electrons. The van der Waals surface area contributed by atoms with Gasteiger partial charge in [0.1, 0.15) is 6.17 Å². The maximum Gasteiger partial charge on any atom is 0.270 e. The molecule has 2 bridgehead atoms. The number of hydrogen-bond acceptors (Lipinski definition) is 5. The van der Waals surface area contributed by atoms with Crippen molar-refractivity contribution >= 4 is 63.7 Å². The molecule has 3 atom stereocenters. The number of aromatic nitrogens is 1. The fraction of sp³-hybridized carbons (Fsp3) is 0.381. The number of nitrogens with zero attached hydrogens (tertiary/aromatic N) is 3. The minimum absolute atomic E-state index is 0.0125. The molecule has 1 aromatic carbocycles. The van der Waals surface area contributed by atoms with Gasteiger partial charge in [-0.15, -0.1) is 0 Å². The summed E-state index contributed by atoms with van der Waals surface area (Å²) < 4.78 is -0.151. The summed E-state index contributed by atoms with van der Waals surface area (Å²) in [7, 11) is 0. The standard InChI is InChI=1S/C21H20Cl3N5O4S/c22-21(23,24)19(25-18(31)13-3-1-4-15(8-13)29(32)33)26-20(34)27-9-12-7-14(11-27)16-5-2-6-17(30)28(16)10-12/h1-6,8,12,14,19H,7,9-11H2,(H,25,31)(H,26,34)/t12-,14-,19-/m1/s1. The minimum atomic E-state index is -1.97. The molecule has 3 heterocycles. The lowest BCUT2D eigenvalue weighted by molar-refractivity contribution is -0.384. The number of fused-ring (bicyclic) bond motifs is 4. The Labute approximate surface area is 215 Å². The van der Waals surface area contributed by atoms with Crippen LogP contribution in [-0.2, 0) is 6.54 Å². The van der Waals surface area contributed by atoms with E-state index in [-0.39, 0.29) is 33.8 Å². The van der Waals surface area contributed by atoms with Gasteiger partial charge in [-0.05, 0) is 36.7 Å². The molecule has 1 saturated heterocycles. The van der Waals surface area contributed by atoms with E-state index in [0.717, 1.165) is 18.2 Å². The van der Waals surface area contributed by atoms with Crippen molar-refractivity contribution in [3.05, 3.63) is 74.2 Å². The molecule has 2 aliphatic heterocycles. The van der Waals surface area contributed by atoms with Gasteiger partial charge in [0, 0.05) is 55.0 Å². The average molecular weight is 545 g/mol. The second-order valence-corrected chi connectivity index (χ2v) is 11.1. The number of piperidine rings is 1. The van der Waals surface area contributed by atoms with Crippen LogP contribution >= 0.6 is 47.0 Å². The molecule has 1 aromatic heterocycles. The number of halogens is 3. The van der Waals surface area contributed by atoms with Crippen molar-refractivity contribution in [1.29, 1.82) is 0 Å². The van der Waals surface area contributed by atoms with E-state index in [1.165, 1.54) is 18.2 Å². The highest BCUT2D eigenvalue weighted by molar-refractivity contribution is 7.80. The predicted octanol–water partition coefficient (Wildman–Crippen LogP) is 3.18. The van der Waals surface area contributed by atoms with Crippen LogP contribution in [0.3, 0.4) is 0 Å². The van der Waals surface area contributed by atoms with Gasteiger partial charge < -0.3 is 20.1 Å². The van der Waals surface area contributed by atoms with Crippen LogP contribution in [0.5, 0.6) is 0 Å². The van der Waals surface area contributed by atoms with Gasteiger partial charge in [0.05, 0.1) is 4.92 Å². The molecule has 2 aromatic rings. The molecule has 0 unspecified atom stereocenters. The highest BCUT2D eigenvalue weighted by Gasteiger charge is 2.39. The van der Waals surface area contributed by atoms with Crippen LogP contribution in [0.1, 0.15) is 28.4 Å². The van der Waals surface area contributed by atoms with Gasteiger partial charge in [-0.3, -0.25) is 19.7 Å². The number of nitro groups is 1. The van der Waals surface area contributed by atoms with Gasteiger partial charge in [-0.25, -0.2) is 0 Å². The first kappa shape index (κ1) is 24.7. The first-order valence-electron chi connectivity index (χ1n) is 10.4. The van der Waals surface area contributed by atoms with E-state index >= 15 is 0 Å². The number of hydrogen-bond donors (Lipinski definition) is 2. The number of alkyl halides is 3. The second kappa shape index (κ2) is 9.69. The normalized spacial score (nSPS) is 20.1. The molecule has 2 N–H and O–H groups in total. The Morgan fingerprint density at radius 1 is 1.15 bits per heavy atom. The number of benzene rings is 1. The lowest BCUT2D eigenvalue weighted by Gasteiger charge is -2.44. The number of pyridine rings is 1. The van der Waals surface area contributed by atoms with Crippen molar-refractivity contribution in [3.8, 4) is 0 Å². The third-order valence-corrected chi connectivity index (χ3v) is 6.99. The third-order valence-electron chi connectivity index (χ3n) is 5.96. The van der Waals surface area contributed by atoms with Crippen molar-refractivity contribution < 1.29 is 9.72 Å². The molecule has 180 valence electrons. The monoisotopic (exact) mass is 543 g/mol. The Hall–Kier alpha value is -2.40. The zero-order valence-corrected chi connectivity index (χ0v) is 20.7. The number of nitrogens with one attached hydrogen (secondary N) is 2. The van der Waals surface area contributed by atoms with E-state index in [0.29, 0.717) is 19.6 Å². The minimum Gasteiger partial charge on any atom is -0.348 e. The molecule has 9 nitrogen and oxygen atoms in total. The highest BCUT2D eigenvalue weighted by Crippen LogP contribution is 2.35. The van der Waals surface area contributed by atoms with Crippen LogP contribution in [0, 0.1) is 16.0 Å². The number of carbonyl (C=O) groups excluding carboxylic acids is 1. The SMILES string of the molecule is O=C(N[C@H](NC(=S)N1C[C@H]2C[C@H](C1)c1cccc(=O)n1C2)C(Cl)(Cl)Cl)c1cccc([N+](=O)[O-])c1. The lowest BCUT2D eigenvalue weighted by atomic mass is 9.83. The Morgan fingerprint density at radius 2 is 1.88 bits per heavy atom. The zero-order valence-electron chi connectivity index (χ0n) is 17.6. The molecule has 1 amide bonds. The van der Waals surface area contributed by atoms with E-state index in [1.54, 1.807) is 12.1 Å². The van der Waals surface area contributed by atoms with Crippen molar-refractivity contribution in [2.24, 2.45) is 5.92 Å². The lowest BCUT2D eigenvalue weighted by Crippen LogP contribution is -2.60. The molecule has 1 fully saturated rings. The molecule has 0 aliphatic carbocycles. The molecule has 2 aliphatic rings. The largest absolute Gasteiger partial charge is 0.348 e. The summed E-state index contributed by atoms with van der Waals surface area (Å²) in [4.78, 5) is 37.3. The molecule has 34 heavy (non-hydrogen) atoms. The number of likely N-dealkylation sites (tertiary alicyclic amines) is 1. The van der Waals surface area contributed by atoms with Gasteiger partial charge in [-0.2, -0.15) is 0 Å². The molecular weight excluding hydrogens is 525 g/mol. The number of rotatable bonds is 4. The molecular formula is C21H20Cl3N5O4S. The summed E-state index contributed by atoms with van der Waals surface area (Å²) in [6, 6.07) is 10.5. The number of amides is 1. The third kappa shape index (κ3) is 5.30. The summed E-state index contributed by atoms with van der Waals surface area (Å²) in [5, 5.41) is 16.8. The summed E-state index contributed by atoms with van der Waals surface area (Å²) in [6.45, 7) is 1.77. The predicted molar refractivity (Wildman–Crippen MR) is 133 cm³/mol. The Balaban J connectivity index is 1.47.